The quantitative estimate of drug-likeness (QED) is 0.775. The van der Waals surface area contributed by atoms with Crippen LogP contribution in [0, 0.1) is 0 Å². The average Bonchev–Trinajstić information content (AvgIpc) is 2.94. The molecule has 1 aromatic carbocycles. The minimum absolute atomic E-state index is 0.0129. The van der Waals surface area contributed by atoms with Crippen molar-refractivity contribution in [3.05, 3.63) is 34.7 Å². The van der Waals surface area contributed by atoms with Crippen molar-refractivity contribution in [2.75, 3.05) is 19.6 Å². The van der Waals surface area contributed by atoms with E-state index in [1.165, 1.54) is 19.3 Å². The van der Waals surface area contributed by atoms with E-state index in [0.29, 0.717) is 32.1 Å². The van der Waals surface area contributed by atoms with Crippen LogP contribution in [0.1, 0.15) is 46.0 Å². The number of hydrogen-bond acceptors (Lipinski definition) is 3. The number of aryl methyl sites for hydroxylation is 2. The van der Waals surface area contributed by atoms with Gasteiger partial charge in [0.05, 0.1) is 11.0 Å². The number of carbonyl (C=O) groups excluding carboxylic acids is 1. The molecule has 3 rings (SSSR count). The fraction of sp³-hybridized carbons (Fsp3) is 0.619. The van der Waals surface area contributed by atoms with E-state index in [1.807, 2.05) is 28.8 Å². The van der Waals surface area contributed by atoms with Crippen molar-refractivity contribution in [2.45, 2.75) is 65.1 Å². The SMILES string of the molecule is CCCn1c(=O)n(CCC(=O)NCCN2CCCCC2C)c2ccccc21. The number of nitrogens with one attached hydrogen (secondary N) is 1. The van der Waals surface area contributed by atoms with Crippen molar-refractivity contribution in [1.29, 1.82) is 0 Å². The summed E-state index contributed by atoms with van der Waals surface area (Å²) in [5.41, 5.74) is 1.84. The van der Waals surface area contributed by atoms with Gasteiger partial charge in [0.2, 0.25) is 5.91 Å². The van der Waals surface area contributed by atoms with Crippen LogP contribution in [0.25, 0.3) is 11.0 Å². The molecule has 0 aliphatic carbocycles. The highest BCUT2D eigenvalue weighted by Crippen LogP contribution is 2.15. The molecule has 0 bridgehead atoms. The zero-order chi connectivity index (χ0) is 19.2. The number of imidazole rings is 1. The third-order valence-electron chi connectivity index (χ3n) is 5.60. The van der Waals surface area contributed by atoms with Crippen molar-refractivity contribution in [1.82, 2.24) is 19.4 Å². The summed E-state index contributed by atoms with van der Waals surface area (Å²) in [6.45, 7) is 8.16. The Morgan fingerprint density at radius 1 is 1.11 bits per heavy atom. The van der Waals surface area contributed by atoms with Crippen molar-refractivity contribution >= 4 is 16.9 Å². The van der Waals surface area contributed by atoms with Crippen LogP contribution in [0.15, 0.2) is 29.1 Å². The molecule has 6 heteroatoms. The monoisotopic (exact) mass is 372 g/mol. The number of amides is 1. The third kappa shape index (κ3) is 4.61. The molecule has 0 spiro atoms. The largest absolute Gasteiger partial charge is 0.355 e. The van der Waals surface area contributed by atoms with Crippen LogP contribution in [-0.2, 0) is 17.9 Å². The molecule has 0 saturated carbocycles. The lowest BCUT2D eigenvalue weighted by atomic mass is 10.0. The van der Waals surface area contributed by atoms with Gasteiger partial charge >= 0.3 is 5.69 Å². The first-order chi connectivity index (χ1) is 13.1. The Morgan fingerprint density at radius 3 is 2.48 bits per heavy atom. The van der Waals surface area contributed by atoms with E-state index in [2.05, 4.69) is 24.1 Å². The standard InChI is InChI=1S/C21H32N4O2/c1-3-13-24-18-9-4-5-10-19(18)25(21(24)27)15-11-20(26)22-12-16-23-14-7-6-8-17(23)2/h4-5,9-10,17H,3,6-8,11-16H2,1-2H3,(H,22,26). The molecule has 27 heavy (non-hydrogen) atoms. The number of likely N-dealkylation sites (tertiary alicyclic amines) is 1. The van der Waals surface area contributed by atoms with Crippen molar-refractivity contribution < 1.29 is 4.79 Å². The average molecular weight is 373 g/mol. The topological polar surface area (TPSA) is 59.3 Å². The molecule has 148 valence electrons. The molecule has 1 atom stereocenters. The van der Waals surface area contributed by atoms with Gasteiger partial charge in [0.1, 0.15) is 0 Å². The highest BCUT2D eigenvalue weighted by atomic mass is 16.2. The summed E-state index contributed by atoms with van der Waals surface area (Å²) in [7, 11) is 0. The molecule has 1 unspecified atom stereocenters. The minimum Gasteiger partial charge on any atom is -0.355 e. The number of piperidine rings is 1. The van der Waals surface area contributed by atoms with Crippen LogP contribution < -0.4 is 11.0 Å². The minimum atomic E-state index is -0.0204. The summed E-state index contributed by atoms with van der Waals surface area (Å²) in [6.07, 6.45) is 5.05. The fourth-order valence-corrected chi connectivity index (χ4v) is 4.06. The number of para-hydroxylation sites is 2. The van der Waals surface area contributed by atoms with Gasteiger partial charge in [-0.2, -0.15) is 0 Å². The number of rotatable bonds is 8. The first-order valence-corrected chi connectivity index (χ1v) is 10.3. The first-order valence-electron chi connectivity index (χ1n) is 10.3. The Balaban J connectivity index is 1.56. The van der Waals surface area contributed by atoms with Crippen molar-refractivity contribution in [2.24, 2.45) is 0 Å². The fourth-order valence-electron chi connectivity index (χ4n) is 4.06. The molecule has 1 amide bonds. The summed E-state index contributed by atoms with van der Waals surface area (Å²) in [4.78, 5) is 27.5. The van der Waals surface area contributed by atoms with Crippen LogP contribution in [0.5, 0.6) is 0 Å². The molecule has 2 aromatic rings. The molecule has 1 fully saturated rings. The molecular weight excluding hydrogens is 340 g/mol. The van der Waals surface area contributed by atoms with Gasteiger partial charge in [0.15, 0.2) is 0 Å². The van der Waals surface area contributed by atoms with Crippen LogP contribution >= 0.6 is 0 Å². The van der Waals surface area contributed by atoms with Gasteiger partial charge in [0.25, 0.3) is 0 Å². The summed E-state index contributed by atoms with van der Waals surface area (Å²) in [6, 6.07) is 8.43. The van der Waals surface area contributed by atoms with E-state index in [1.54, 1.807) is 4.57 Å². The molecule has 1 N–H and O–H groups in total. The van der Waals surface area contributed by atoms with Gasteiger partial charge in [-0.3, -0.25) is 18.8 Å². The van der Waals surface area contributed by atoms with E-state index in [4.69, 9.17) is 0 Å². The lowest BCUT2D eigenvalue weighted by Crippen LogP contribution is -2.42. The van der Waals surface area contributed by atoms with E-state index < -0.39 is 0 Å². The number of nitrogens with zero attached hydrogens (tertiary/aromatic N) is 3. The highest BCUT2D eigenvalue weighted by Gasteiger charge is 2.18. The number of carbonyl (C=O) groups is 1. The van der Waals surface area contributed by atoms with Crippen molar-refractivity contribution in [3.63, 3.8) is 0 Å². The number of hydrogen-bond donors (Lipinski definition) is 1. The van der Waals surface area contributed by atoms with E-state index in [0.717, 1.165) is 30.5 Å². The highest BCUT2D eigenvalue weighted by molar-refractivity contribution is 5.78. The van der Waals surface area contributed by atoms with Gasteiger partial charge in [-0.05, 0) is 44.9 Å². The summed E-state index contributed by atoms with van der Waals surface area (Å²) in [5.74, 6) is 0.0129. The Hall–Kier alpha value is -2.08. The van der Waals surface area contributed by atoms with Crippen LogP contribution in [0.2, 0.25) is 0 Å². The van der Waals surface area contributed by atoms with Crippen molar-refractivity contribution in [3.8, 4) is 0 Å². The van der Waals surface area contributed by atoms with Crippen LogP contribution in [-0.4, -0.2) is 45.6 Å². The van der Waals surface area contributed by atoms with Crippen LogP contribution in [0.3, 0.4) is 0 Å². The Kier molecular flexibility index (Phi) is 6.72. The van der Waals surface area contributed by atoms with Crippen LogP contribution in [0.4, 0.5) is 0 Å². The Bertz CT molecular complexity index is 823. The number of fused-ring (bicyclic) bond motifs is 1. The van der Waals surface area contributed by atoms with E-state index in [-0.39, 0.29) is 11.6 Å². The summed E-state index contributed by atoms with van der Waals surface area (Å²) in [5, 5.41) is 3.02. The molecule has 2 heterocycles. The zero-order valence-electron chi connectivity index (χ0n) is 16.6. The Morgan fingerprint density at radius 2 is 1.81 bits per heavy atom. The second-order valence-corrected chi connectivity index (χ2v) is 7.56. The molecule has 0 radical (unpaired) electrons. The van der Waals surface area contributed by atoms with Gasteiger partial charge in [-0.25, -0.2) is 4.79 Å². The summed E-state index contributed by atoms with van der Waals surface area (Å²) >= 11 is 0. The number of benzene rings is 1. The predicted octanol–water partition coefficient (Wildman–Crippen LogP) is 2.59. The zero-order valence-corrected chi connectivity index (χ0v) is 16.6. The van der Waals surface area contributed by atoms with Gasteiger partial charge in [-0.1, -0.05) is 25.5 Å². The molecular formula is C21H32N4O2. The van der Waals surface area contributed by atoms with E-state index >= 15 is 0 Å². The smallest absolute Gasteiger partial charge is 0.329 e. The lowest BCUT2D eigenvalue weighted by molar-refractivity contribution is -0.121. The molecule has 1 saturated heterocycles. The van der Waals surface area contributed by atoms with Gasteiger partial charge in [0, 0.05) is 38.6 Å². The number of aromatic nitrogens is 2. The Labute approximate surface area is 161 Å². The second-order valence-electron chi connectivity index (χ2n) is 7.56. The summed E-state index contributed by atoms with van der Waals surface area (Å²) < 4.78 is 3.54. The van der Waals surface area contributed by atoms with E-state index in [9.17, 15) is 9.59 Å². The van der Waals surface area contributed by atoms with Gasteiger partial charge in [-0.15, -0.1) is 0 Å². The first kappa shape index (κ1) is 19.7. The predicted molar refractivity (Wildman–Crippen MR) is 109 cm³/mol. The molecule has 1 aliphatic rings. The molecule has 6 nitrogen and oxygen atoms in total. The maximum absolute atomic E-state index is 12.7. The lowest BCUT2D eigenvalue weighted by Gasteiger charge is -2.33. The maximum atomic E-state index is 12.7. The molecule has 1 aliphatic heterocycles. The second kappa shape index (κ2) is 9.22. The third-order valence-corrected chi connectivity index (χ3v) is 5.60. The normalized spacial score (nSPS) is 18.1. The van der Waals surface area contributed by atoms with Gasteiger partial charge < -0.3 is 5.32 Å². The maximum Gasteiger partial charge on any atom is 0.329 e. The molecule has 1 aromatic heterocycles.